The van der Waals surface area contributed by atoms with Crippen molar-refractivity contribution in [1.82, 2.24) is 9.97 Å². The van der Waals surface area contributed by atoms with Gasteiger partial charge in [0.2, 0.25) is 0 Å². The maximum absolute atomic E-state index is 4.27. The summed E-state index contributed by atoms with van der Waals surface area (Å²) in [5, 5.41) is 6.61. The number of benzene rings is 2. The maximum Gasteiger partial charge on any atom is 0.135 e. The van der Waals surface area contributed by atoms with Crippen molar-refractivity contribution in [3.63, 3.8) is 0 Å². The number of para-hydroxylation sites is 1. The molecule has 0 saturated heterocycles. The molecule has 0 spiro atoms. The first-order chi connectivity index (χ1) is 10.7. The number of nitrogens with one attached hydrogen (secondary N) is 2. The van der Waals surface area contributed by atoms with Gasteiger partial charge in [-0.1, -0.05) is 30.3 Å². The number of hydrogen-bond donors (Lipinski definition) is 2. The lowest BCUT2D eigenvalue weighted by molar-refractivity contribution is 1.16. The average molecular weight is 290 g/mol. The molecule has 0 atom stereocenters. The van der Waals surface area contributed by atoms with Crippen LogP contribution in [0.1, 0.15) is 11.1 Å². The van der Waals surface area contributed by atoms with Crippen LogP contribution < -0.4 is 10.6 Å². The van der Waals surface area contributed by atoms with Gasteiger partial charge in [-0.25, -0.2) is 9.97 Å². The van der Waals surface area contributed by atoms with Crippen LogP contribution in [0.25, 0.3) is 0 Å². The van der Waals surface area contributed by atoms with Gasteiger partial charge in [-0.3, -0.25) is 0 Å². The molecule has 4 heteroatoms. The second-order valence-electron chi connectivity index (χ2n) is 5.22. The van der Waals surface area contributed by atoms with Crippen LogP contribution in [0.3, 0.4) is 0 Å². The fraction of sp³-hybridized carbons (Fsp3) is 0.111. The molecule has 22 heavy (non-hydrogen) atoms. The van der Waals surface area contributed by atoms with E-state index in [1.54, 1.807) is 6.33 Å². The minimum atomic E-state index is 0.761. The molecule has 0 aliphatic carbocycles. The van der Waals surface area contributed by atoms with Crippen LogP contribution in [0, 0.1) is 13.8 Å². The summed E-state index contributed by atoms with van der Waals surface area (Å²) in [7, 11) is 0. The molecule has 4 nitrogen and oxygen atoms in total. The van der Waals surface area contributed by atoms with Crippen molar-refractivity contribution in [3.8, 4) is 0 Å². The molecule has 2 N–H and O–H groups in total. The van der Waals surface area contributed by atoms with Crippen LogP contribution in [0.2, 0.25) is 0 Å². The maximum atomic E-state index is 4.27. The van der Waals surface area contributed by atoms with Gasteiger partial charge in [-0.15, -0.1) is 0 Å². The normalized spacial score (nSPS) is 10.3. The van der Waals surface area contributed by atoms with E-state index in [0.29, 0.717) is 0 Å². The fourth-order valence-corrected chi connectivity index (χ4v) is 2.22. The molecule has 0 amide bonds. The third-order valence-corrected chi connectivity index (χ3v) is 3.37. The first-order valence-corrected chi connectivity index (χ1v) is 7.19. The van der Waals surface area contributed by atoms with Crippen molar-refractivity contribution < 1.29 is 0 Å². The van der Waals surface area contributed by atoms with Gasteiger partial charge in [-0.05, 0) is 43.2 Å². The number of nitrogens with zero attached hydrogens (tertiary/aromatic N) is 2. The summed E-state index contributed by atoms with van der Waals surface area (Å²) in [6.45, 7) is 4.13. The van der Waals surface area contributed by atoms with Crippen molar-refractivity contribution in [1.29, 1.82) is 0 Å². The Hall–Kier alpha value is -2.88. The molecule has 1 aromatic heterocycles. The second-order valence-corrected chi connectivity index (χ2v) is 5.22. The zero-order valence-corrected chi connectivity index (χ0v) is 12.7. The lowest BCUT2D eigenvalue weighted by Crippen LogP contribution is -1.99. The van der Waals surface area contributed by atoms with Gasteiger partial charge in [0.25, 0.3) is 0 Å². The molecular formula is C18H18N4. The van der Waals surface area contributed by atoms with Crippen molar-refractivity contribution in [2.24, 2.45) is 0 Å². The van der Waals surface area contributed by atoms with E-state index in [2.05, 4.69) is 52.6 Å². The Balaban J connectivity index is 1.79. The first kappa shape index (κ1) is 14.1. The summed E-state index contributed by atoms with van der Waals surface area (Å²) in [5.41, 5.74) is 4.44. The Morgan fingerprint density at radius 3 is 2.32 bits per heavy atom. The van der Waals surface area contributed by atoms with Gasteiger partial charge >= 0.3 is 0 Å². The van der Waals surface area contributed by atoms with Gasteiger partial charge in [0.15, 0.2) is 0 Å². The van der Waals surface area contributed by atoms with Crippen LogP contribution in [0.5, 0.6) is 0 Å². The Morgan fingerprint density at radius 2 is 1.55 bits per heavy atom. The molecule has 2 aromatic carbocycles. The number of anilines is 4. The highest BCUT2D eigenvalue weighted by Crippen LogP contribution is 2.21. The van der Waals surface area contributed by atoms with Crippen molar-refractivity contribution in [2.75, 3.05) is 10.6 Å². The fourth-order valence-electron chi connectivity index (χ4n) is 2.22. The molecule has 1 heterocycles. The van der Waals surface area contributed by atoms with Crippen LogP contribution in [0.4, 0.5) is 23.0 Å². The Morgan fingerprint density at radius 1 is 0.773 bits per heavy atom. The largest absolute Gasteiger partial charge is 0.340 e. The van der Waals surface area contributed by atoms with Crippen molar-refractivity contribution >= 4 is 23.0 Å². The van der Waals surface area contributed by atoms with Crippen LogP contribution in [-0.4, -0.2) is 9.97 Å². The molecule has 0 aliphatic rings. The molecule has 110 valence electrons. The van der Waals surface area contributed by atoms with Crippen molar-refractivity contribution in [2.45, 2.75) is 13.8 Å². The van der Waals surface area contributed by atoms with E-state index in [9.17, 15) is 0 Å². The molecule has 0 unspecified atom stereocenters. The third-order valence-electron chi connectivity index (χ3n) is 3.37. The monoisotopic (exact) mass is 290 g/mol. The Labute approximate surface area is 130 Å². The van der Waals surface area contributed by atoms with Gasteiger partial charge in [0.05, 0.1) is 0 Å². The highest BCUT2D eigenvalue weighted by molar-refractivity contribution is 5.64. The zero-order chi connectivity index (χ0) is 15.4. The molecule has 3 rings (SSSR count). The topological polar surface area (TPSA) is 49.8 Å². The molecule has 0 radical (unpaired) electrons. The van der Waals surface area contributed by atoms with Crippen LogP contribution in [0.15, 0.2) is 60.9 Å². The van der Waals surface area contributed by atoms with E-state index in [4.69, 9.17) is 0 Å². The Kier molecular flexibility index (Phi) is 4.01. The lowest BCUT2D eigenvalue weighted by atomic mass is 10.2. The van der Waals surface area contributed by atoms with E-state index in [1.807, 2.05) is 36.4 Å². The van der Waals surface area contributed by atoms with Crippen molar-refractivity contribution in [3.05, 3.63) is 72.1 Å². The first-order valence-electron chi connectivity index (χ1n) is 7.19. The number of rotatable bonds is 4. The molecule has 0 saturated carbocycles. The van der Waals surface area contributed by atoms with E-state index < -0.39 is 0 Å². The molecule has 0 bridgehead atoms. The molecular weight excluding hydrogens is 272 g/mol. The van der Waals surface area contributed by atoms with Gasteiger partial charge in [-0.2, -0.15) is 0 Å². The number of aromatic nitrogens is 2. The van der Waals surface area contributed by atoms with Gasteiger partial charge in [0, 0.05) is 17.4 Å². The molecule has 0 fully saturated rings. The van der Waals surface area contributed by atoms with Gasteiger partial charge < -0.3 is 10.6 Å². The average Bonchev–Trinajstić information content (AvgIpc) is 2.50. The van der Waals surface area contributed by atoms with Gasteiger partial charge in [0.1, 0.15) is 18.0 Å². The van der Waals surface area contributed by atoms with E-state index in [-0.39, 0.29) is 0 Å². The smallest absolute Gasteiger partial charge is 0.135 e. The number of aryl methyl sites for hydroxylation is 2. The quantitative estimate of drug-likeness (QED) is 0.738. The summed E-state index contributed by atoms with van der Waals surface area (Å²) < 4.78 is 0. The summed E-state index contributed by atoms with van der Waals surface area (Å²) in [6, 6.07) is 18.2. The summed E-state index contributed by atoms with van der Waals surface area (Å²) in [4.78, 5) is 8.54. The third kappa shape index (κ3) is 3.41. The zero-order valence-electron chi connectivity index (χ0n) is 12.7. The predicted molar refractivity (Wildman–Crippen MR) is 91.0 cm³/mol. The molecule has 0 aliphatic heterocycles. The highest BCUT2D eigenvalue weighted by Gasteiger charge is 2.02. The van der Waals surface area contributed by atoms with Crippen LogP contribution >= 0.6 is 0 Å². The minimum absolute atomic E-state index is 0.761. The highest BCUT2D eigenvalue weighted by atomic mass is 15.1. The minimum Gasteiger partial charge on any atom is -0.340 e. The van der Waals surface area contributed by atoms with E-state index >= 15 is 0 Å². The van der Waals surface area contributed by atoms with E-state index in [1.165, 1.54) is 11.1 Å². The Bertz CT molecular complexity index is 783. The summed E-state index contributed by atoms with van der Waals surface area (Å²) in [6.07, 6.45) is 1.55. The van der Waals surface area contributed by atoms with Crippen LogP contribution in [-0.2, 0) is 0 Å². The predicted octanol–water partition coefficient (Wildman–Crippen LogP) is 4.58. The second kappa shape index (κ2) is 6.26. The number of hydrogen-bond acceptors (Lipinski definition) is 4. The molecule has 3 aromatic rings. The summed E-state index contributed by atoms with van der Waals surface area (Å²) in [5.74, 6) is 1.52. The van der Waals surface area contributed by atoms with E-state index in [0.717, 1.165) is 23.0 Å². The SMILES string of the molecule is Cc1cccc(Nc2cc(Nc3ccccc3C)ncn2)c1. The lowest BCUT2D eigenvalue weighted by Gasteiger charge is -2.10. The standard InChI is InChI=1S/C18H18N4/c1-13-6-5-8-15(10-13)21-17-11-18(20-12-19-17)22-16-9-4-3-7-14(16)2/h3-12H,1-2H3,(H2,19,20,21,22). The summed E-state index contributed by atoms with van der Waals surface area (Å²) >= 11 is 0.